The Morgan fingerprint density at radius 1 is 1.33 bits per heavy atom. The molecule has 2 aromatic heterocycles. The summed E-state index contributed by atoms with van der Waals surface area (Å²) in [7, 11) is 0. The van der Waals surface area contributed by atoms with Gasteiger partial charge >= 0.3 is 0 Å². The van der Waals surface area contributed by atoms with E-state index in [0.29, 0.717) is 5.15 Å². The molecule has 0 saturated carbocycles. The number of pyridine rings is 1. The first-order valence-corrected chi connectivity index (χ1v) is 5.14. The van der Waals surface area contributed by atoms with Crippen LogP contribution >= 0.6 is 11.6 Å². The van der Waals surface area contributed by atoms with Crippen molar-refractivity contribution >= 4 is 17.1 Å². The maximum absolute atomic E-state index is 9.44. The average Bonchev–Trinajstić information content (AvgIpc) is 2.42. The third kappa shape index (κ3) is 1.67. The second-order valence-electron chi connectivity index (χ2n) is 4.62. The molecule has 0 aromatic carbocycles. The maximum atomic E-state index is 9.44. The molecule has 0 fully saturated rings. The van der Waals surface area contributed by atoms with Gasteiger partial charge in [0.25, 0.3) is 0 Å². The van der Waals surface area contributed by atoms with E-state index in [0.717, 1.165) is 11.3 Å². The Morgan fingerprint density at radius 3 is 2.60 bits per heavy atom. The lowest BCUT2D eigenvalue weighted by molar-refractivity contribution is 0.469. The standard InChI is InChI=1S/C11H13ClN2O/c1-11(2,3)10-13-9(12)8-5-4-7(15)6-14(8)10/h4-6,15H,1-3H3. The van der Waals surface area contributed by atoms with Crippen LogP contribution < -0.4 is 0 Å². The van der Waals surface area contributed by atoms with Crippen LogP contribution in [0.2, 0.25) is 5.15 Å². The quantitative estimate of drug-likeness (QED) is 0.747. The molecule has 0 saturated heterocycles. The number of hydrogen-bond acceptors (Lipinski definition) is 2. The fraction of sp³-hybridized carbons (Fsp3) is 0.364. The molecule has 2 heterocycles. The molecule has 2 aromatic rings. The zero-order valence-electron chi connectivity index (χ0n) is 8.95. The van der Waals surface area contributed by atoms with Gasteiger partial charge in [0.15, 0.2) is 5.15 Å². The number of aromatic hydroxyl groups is 1. The van der Waals surface area contributed by atoms with Crippen LogP contribution in [0.15, 0.2) is 18.3 Å². The molecule has 4 heteroatoms. The molecule has 0 atom stereocenters. The molecule has 3 nitrogen and oxygen atoms in total. The van der Waals surface area contributed by atoms with Gasteiger partial charge in [0.05, 0.1) is 11.7 Å². The summed E-state index contributed by atoms with van der Waals surface area (Å²) < 4.78 is 1.83. The minimum atomic E-state index is -0.107. The molecule has 0 spiro atoms. The van der Waals surface area contributed by atoms with Crippen LogP contribution in [-0.2, 0) is 5.41 Å². The predicted molar refractivity (Wildman–Crippen MR) is 60.6 cm³/mol. The largest absolute Gasteiger partial charge is 0.506 e. The second-order valence-corrected chi connectivity index (χ2v) is 4.98. The molecular weight excluding hydrogens is 212 g/mol. The van der Waals surface area contributed by atoms with E-state index >= 15 is 0 Å². The van der Waals surface area contributed by atoms with Crippen molar-refractivity contribution in [1.29, 1.82) is 0 Å². The highest BCUT2D eigenvalue weighted by Crippen LogP contribution is 2.28. The molecule has 0 aliphatic carbocycles. The highest BCUT2D eigenvalue weighted by molar-refractivity contribution is 6.32. The molecule has 0 aliphatic heterocycles. The van der Waals surface area contributed by atoms with Crippen molar-refractivity contribution in [2.24, 2.45) is 0 Å². The Labute approximate surface area is 93.3 Å². The SMILES string of the molecule is CC(C)(C)c1nc(Cl)c2ccc(O)cn12. The average molecular weight is 225 g/mol. The summed E-state index contributed by atoms with van der Waals surface area (Å²) in [4.78, 5) is 4.32. The normalized spacial score (nSPS) is 12.3. The zero-order valence-corrected chi connectivity index (χ0v) is 9.71. The van der Waals surface area contributed by atoms with Crippen molar-refractivity contribution in [1.82, 2.24) is 9.38 Å². The number of fused-ring (bicyclic) bond motifs is 1. The van der Waals surface area contributed by atoms with Gasteiger partial charge in [-0.05, 0) is 12.1 Å². The van der Waals surface area contributed by atoms with Crippen LogP contribution in [0.1, 0.15) is 26.6 Å². The van der Waals surface area contributed by atoms with Crippen LogP contribution in [0.3, 0.4) is 0 Å². The molecule has 0 bridgehead atoms. The molecule has 0 aliphatic rings. The molecule has 0 unspecified atom stereocenters. The molecule has 80 valence electrons. The zero-order chi connectivity index (χ0) is 11.2. The number of rotatable bonds is 0. The molecule has 0 radical (unpaired) electrons. The molecular formula is C11H13ClN2O. The highest BCUT2D eigenvalue weighted by atomic mass is 35.5. The first-order chi connectivity index (χ1) is 6.89. The molecule has 0 amide bonds. The Hall–Kier alpha value is -1.22. The van der Waals surface area contributed by atoms with Gasteiger partial charge in [0.1, 0.15) is 11.6 Å². The lowest BCUT2D eigenvalue weighted by atomic mass is 9.96. The Kier molecular flexibility index (Phi) is 2.15. The number of hydrogen-bond donors (Lipinski definition) is 1. The minimum Gasteiger partial charge on any atom is -0.506 e. The van der Waals surface area contributed by atoms with Crippen LogP contribution in [0.4, 0.5) is 0 Å². The van der Waals surface area contributed by atoms with Crippen molar-refractivity contribution in [2.45, 2.75) is 26.2 Å². The van der Waals surface area contributed by atoms with Gasteiger partial charge in [-0.1, -0.05) is 32.4 Å². The van der Waals surface area contributed by atoms with E-state index < -0.39 is 0 Å². The first kappa shape index (κ1) is 10.3. The van der Waals surface area contributed by atoms with E-state index in [1.807, 2.05) is 4.40 Å². The number of nitrogens with zero attached hydrogens (tertiary/aromatic N) is 2. The Balaban J connectivity index is 2.81. The number of aromatic nitrogens is 2. The van der Waals surface area contributed by atoms with Crippen molar-refractivity contribution in [3.8, 4) is 5.75 Å². The summed E-state index contributed by atoms with van der Waals surface area (Å²) in [6, 6.07) is 3.37. The second kappa shape index (κ2) is 3.14. The van der Waals surface area contributed by atoms with E-state index in [9.17, 15) is 5.11 Å². The van der Waals surface area contributed by atoms with E-state index in [-0.39, 0.29) is 11.2 Å². The van der Waals surface area contributed by atoms with Crippen molar-refractivity contribution in [3.63, 3.8) is 0 Å². The smallest absolute Gasteiger partial charge is 0.155 e. The van der Waals surface area contributed by atoms with Crippen molar-refractivity contribution < 1.29 is 5.11 Å². The lowest BCUT2D eigenvalue weighted by Gasteiger charge is -2.16. The van der Waals surface area contributed by atoms with Gasteiger partial charge in [0, 0.05) is 5.41 Å². The molecule has 2 rings (SSSR count). The van der Waals surface area contributed by atoms with Crippen LogP contribution in [-0.4, -0.2) is 14.5 Å². The molecule has 1 N–H and O–H groups in total. The van der Waals surface area contributed by atoms with Crippen molar-refractivity contribution in [2.75, 3.05) is 0 Å². The highest BCUT2D eigenvalue weighted by Gasteiger charge is 2.21. The summed E-state index contributed by atoms with van der Waals surface area (Å²) in [6.45, 7) is 6.17. The van der Waals surface area contributed by atoms with Gasteiger partial charge in [0.2, 0.25) is 0 Å². The van der Waals surface area contributed by atoms with Gasteiger partial charge in [-0.15, -0.1) is 0 Å². The minimum absolute atomic E-state index is 0.107. The van der Waals surface area contributed by atoms with Gasteiger partial charge < -0.3 is 5.11 Å². The van der Waals surface area contributed by atoms with Gasteiger partial charge in [-0.2, -0.15) is 0 Å². The van der Waals surface area contributed by atoms with Gasteiger partial charge in [-0.3, -0.25) is 4.40 Å². The van der Waals surface area contributed by atoms with E-state index in [2.05, 4.69) is 25.8 Å². The summed E-state index contributed by atoms with van der Waals surface area (Å²) >= 11 is 6.02. The Morgan fingerprint density at radius 2 is 2.00 bits per heavy atom. The summed E-state index contributed by atoms with van der Waals surface area (Å²) in [5.41, 5.74) is 0.712. The first-order valence-electron chi connectivity index (χ1n) is 4.76. The van der Waals surface area contributed by atoms with Crippen molar-refractivity contribution in [3.05, 3.63) is 29.3 Å². The maximum Gasteiger partial charge on any atom is 0.155 e. The fourth-order valence-electron chi connectivity index (χ4n) is 1.57. The summed E-state index contributed by atoms with van der Waals surface area (Å²) in [5.74, 6) is 1.06. The topological polar surface area (TPSA) is 37.5 Å². The van der Waals surface area contributed by atoms with E-state index in [1.165, 1.54) is 0 Å². The Bertz CT molecular complexity index is 511. The fourth-order valence-corrected chi connectivity index (χ4v) is 1.80. The monoisotopic (exact) mass is 224 g/mol. The van der Waals surface area contributed by atoms with Crippen LogP contribution in [0.5, 0.6) is 5.75 Å². The summed E-state index contributed by atoms with van der Waals surface area (Å²) in [6.07, 6.45) is 1.63. The van der Waals surface area contributed by atoms with Gasteiger partial charge in [-0.25, -0.2) is 4.98 Å². The third-order valence-corrected chi connectivity index (χ3v) is 2.53. The molecule has 15 heavy (non-hydrogen) atoms. The summed E-state index contributed by atoms with van der Waals surface area (Å²) in [5, 5.41) is 9.91. The van der Waals surface area contributed by atoms with Crippen LogP contribution in [0, 0.1) is 0 Å². The van der Waals surface area contributed by atoms with E-state index in [1.54, 1.807) is 18.3 Å². The third-order valence-electron chi connectivity index (χ3n) is 2.25. The number of imidazole rings is 1. The predicted octanol–water partition coefficient (Wildman–Crippen LogP) is 2.99. The lowest BCUT2D eigenvalue weighted by Crippen LogP contribution is -2.15. The number of halogens is 1. The van der Waals surface area contributed by atoms with E-state index in [4.69, 9.17) is 11.6 Å². The van der Waals surface area contributed by atoms with Crippen LogP contribution in [0.25, 0.3) is 5.52 Å².